The SMILES string of the molecule is O=C1Oc2c(OC(=O)C34CC5CC(C3)C(=O)C(C5)C4)c3oc2c1c3C(=O)OCCS(=O)(=O)O. The van der Waals surface area contributed by atoms with E-state index in [1.54, 1.807) is 0 Å². The number of ether oxygens (including phenoxy) is 3. The second kappa shape index (κ2) is 6.54. The maximum absolute atomic E-state index is 13.3. The van der Waals surface area contributed by atoms with Crippen LogP contribution in [0.4, 0.5) is 0 Å². The number of hydrogen-bond acceptors (Lipinski definition) is 10. The Morgan fingerprint density at radius 1 is 1.09 bits per heavy atom. The molecular weight excluding hydrogens is 460 g/mol. The van der Waals surface area contributed by atoms with Gasteiger partial charge in [-0.05, 0) is 38.0 Å². The summed E-state index contributed by atoms with van der Waals surface area (Å²) in [6.07, 6.45) is 3.03. The Kier molecular flexibility index (Phi) is 4.08. The number of Topliss-reactive ketones (excluding diaryl/α,β-unsaturated/α-hetero) is 1. The smallest absolute Gasteiger partial charge is 0.348 e. The largest absolute Gasteiger partial charge is 0.461 e. The van der Waals surface area contributed by atoms with E-state index in [0.29, 0.717) is 19.3 Å². The number of carbonyl (C=O) groups is 4. The van der Waals surface area contributed by atoms with Crippen LogP contribution in [0.15, 0.2) is 4.42 Å². The number of ketones is 1. The molecule has 3 heterocycles. The summed E-state index contributed by atoms with van der Waals surface area (Å²) in [7, 11) is -4.36. The van der Waals surface area contributed by atoms with Gasteiger partial charge < -0.3 is 18.6 Å². The van der Waals surface area contributed by atoms with Crippen LogP contribution in [0.1, 0.15) is 52.8 Å². The third kappa shape index (κ3) is 2.93. The summed E-state index contributed by atoms with van der Waals surface area (Å²) >= 11 is 0. The molecule has 0 aromatic carbocycles. The summed E-state index contributed by atoms with van der Waals surface area (Å²) in [5, 5.41) is 0. The molecule has 0 radical (unpaired) electrons. The minimum Gasteiger partial charge on any atom is -0.461 e. The van der Waals surface area contributed by atoms with Crippen molar-refractivity contribution in [3.05, 3.63) is 11.1 Å². The highest BCUT2D eigenvalue weighted by molar-refractivity contribution is 7.85. The molecule has 2 unspecified atom stereocenters. The van der Waals surface area contributed by atoms with Crippen molar-refractivity contribution < 1.29 is 50.8 Å². The van der Waals surface area contributed by atoms with Gasteiger partial charge in [0.25, 0.3) is 10.1 Å². The van der Waals surface area contributed by atoms with Gasteiger partial charge in [-0.1, -0.05) is 0 Å². The van der Waals surface area contributed by atoms with Crippen LogP contribution in [0.25, 0.3) is 11.2 Å². The first kappa shape index (κ1) is 20.6. The van der Waals surface area contributed by atoms with E-state index in [0.717, 1.165) is 12.8 Å². The lowest BCUT2D eigenvalue weighted by atomic mass is 9.49. The zero-order valence-electron chi connectivity index (χ0n) is 17.1. The van der Waals surface area contributed by atoms with Crippen LogP contribution in [-0.2, 0) is 24.4 Å². The lowest BCUT2D eigenvalue weighted by Gasteiger charge is -2.53. The number of furan rings is 2. The molecular formula is C21H18O11S. The summed E-state index contributed by atoms with van der Waals surface area (Å²) in [5.74, 6) is -3.43. The summed E-state index contributed by atoms with van der Waals surface area (Å²) in [5.41, 5.74) is -1.57. The number of fused-ring (bicyclic) bond motifs is 1. The molecule has 1 aliphatic heterocycles. The molecule has 2 aromatic heterocycles. The monoisotopic (exact) mass is 478 g/mol. The molecule has 12 heteroatoms. The number of carbonyl (C=O) groups excluding carboxylic acids is 4. The molecule has 33 heavy (non-hydrogen) atoms. The summed E-state index contributed by atoms with van der Waals surface area (Å²) < 4.78 is 51.7. The average Bonchev–Trinajstić information content (AvgIpc) is 3.34. The molecule has 0 amide bonds. The fourth-order valence-electron chi connectivity index (χ4n) is 6.19. The van der Waals surface area contributed by atoms with Crippen LogP contribution in [-0.4, -0.2) is 49.0 Å². The van der Waals surface area contributed by atoms with E-state index in [1.165, 1.54) is 0 Å². The maximum atomic E-state index is 13.3. The zero-order chi connectivity index (χ0) is 23.3. The Morgan fingerprint density at radius 3 is 2.45 bits per heavy atom. The first-order valence-corrected chi connectivity index (χ1v) is 12.2. The van der Waals surface area contributed by atoms with Crippen LogP contribution < -0.4 is 9.47 Å². The van der Waals surface area contributed by atoms with E-state index in [-0.39, 0.29) is 57.3 Å². The molecule has 5 aliphatic rings. The van der Waals surface area contributed by atoms with E-state index < -0.39 is 45.8 Å². The van der Waals surface area contributed by atoms with Crippen molar-refractivity contribution in [2.75, 3.05) is 12.4 Å². The molecule has 1 N–H and O–H groups in total. The normalized spacial score (nSPS) is 29.7. The summed E-state index contributed by atoms with van der Waals surface area (Å²) in [6, 6.07) is 0. The van der Waals surface area contributed by atoms with Crippen LogP contribution in [0.5, 0.6) is 11.5 Å². The van der Waals surface area contributed by atoms with Crippen molar-refractivity contribution in [2.45, 2.75) is 32.1 Å². The maximum Gasteiger partial charge on any atom is 0.348 e. The number of benzene rings is 1. The van der Waals surface area contributed by atoms with Gasteiger partial charge in [0, 0.05) is 11.8 Å². The van der Waals surface area contributed by atoms with Gasteiger partial charge in [0.1, 0.15) is 29.3 Å². The third-order valence-corrected chi connectivity index (χ3v) is 8.01. The molecule has 4 fully saturated rings. The lowest BCUT2D eigenvalue weighted by molar-refractivity contribution is -0.167. The van der Waals surface area contributed by atoms with Crippen LogP contribution in [0, 0.1) is 23.2 Å². The standard InChI is InChI=1S/C21H18O11S/c22-13-9-3-8-4-10(13)7-21(5-8,6-9)20(25)32-17-14-11(18(23)29-1-2-33(26,27)28)12-15(30-14)16(17)31-19(12)24/h8-10H,1-7H2,(H,26,27,28). The third-order valence-electron chi connectivity index (χ3n) is 7.33. The number of hydrogen-bond donors (Lipinski definition) is 1. The average molecular weight is 478 g/mol. The van der Waals surface area contributed by atoms with Gasteiger partial charge in [0.05, 0.1) is 5.41 Å². The molecule has 7 rings (SSSR count). The minimum absolute atomic E-state index is 0.0554. The summed E-state index contributed by atoms with van der Waals surface area (Å²) in [4.78, 5) is 50.6. The molecule has 2 atom stereocenters. The minimum atomic E-state index is -4.36. The van der Waals surface area contributed by atoms with Gasteiger partial charge in [0.2, 0.25) is 11.5 Å². The second-order valence-corrected chi connectivity index (χ2v) is 11.0. The molecule has 6 bridgehead atoms. The Balaban J connectivity index is 1.29. The topological polar surface area (TPSA) is 163 Å². The number of rotatable bonds is 6. The van der Waals surface area contributed by atoms with Crippen molar-refractivity contribution in [3.8, 4) is 11.5 Å². The Hall–Kier alpha value is -2.99. The van der Waals surface area contributed by atoms with E-state index in [1.807, 2.05) is 0 Å². The molecule has 2 aromatic rings. The van der Waals surface area contributed by atoms with Crippen molar-refractivity contribution in [2.24, 2.45) is 23.2 Å². The van der Waals surface area contributed by atoms with Gasteiger partial charge in [0.15, 0.2) is 11.2 Å². The Morgan fingerprint density at radius 2 is 1.79 bits per heavy atom. The van der Waals surface area contributed by atoms with E-state index >= 15 is 0 Å². The van der Waals surface area contributed by atoms with Crippen molar-refractivity contribution >= 4 is 45.0 Å². The highest BCUT2D eigenvalue weighted by Gasteiger charge is 2.59. The second-order valence-electron chi connectivity index (χ2n) is 9.40. The van der Waals surface area contributed by atoms with Crippen molar-refractivity contribution in [1.82, 2.24) is 0 Å². The zero-order valence-corrected chi connectivity index (χ0v) is 17.9. The van der Waals surface area contributed by atoms with E-state index in [4.69, 9.17) is 23.2 Å². The van der Waals surface area contributed by atoms with Gasteiger partial charge >= 0.3 is 17.9 Å². The fraction of sp³-hybridized carbons (Fsp3) is 0.524. The van der Waals surface area contributed by atoms with Crippen molar-refractivity contribution in [3.63, 3.8) is 0 Å². The first-order valence-electron chi connectivity index (χ1n) is 10.6. The molecule has 174 valence electrons. The van der Waals surface area contributed by atoms with Gasteiger partial charge in [-0.15, -0.1) is 0 Å². The molecule has 4 aliphatic carbocycles. The van der Waals surface area contributed by atoms with E-state index in [2.05, 4.69) is 0 Å². The number of esters is 3. The van der Waals surface area contributed by atoms with Gasteiger partial charge in [-0.2, -0.15) is 8.42 Å². The van der Waals surface area contributed by atoms with Crippen LogP contribution in [0.2, 0.25) is 0 Å². The predicted octanol–water partition coefficient (Wildman–Crippen LogP) is 1.75. The Bertz CT molecular complexity index is 1330. The molecule has 0 spiro atoms. The van der Waals surface area contributed by atoms with Crippen LogP contribution in [0.3, 0.4) is 0 Å². The lowest BCUT2D eigenvalue weighted by Crippen LogP contribution is -2.55. The first-order chi connectivity index (χ1) is 15.6. The van der Waals surface area contributed by atoms with E-state index in [9.17, 15) is 27.6 Å². The fourth-order valence-corrected chi connectivity index (χ4v) is 6.48. The summed E-state index contributed by atoms with van der Waals surface area (Å²) in [6.45, 7) is -0.654. The Labute approximate surface area is 186 Å². The molecule has 4 saturated carbocycles. The quantitative estimate of drug-likeness (QED) is 0.365. The van der Waals surface area contributed by atoms with Crippen molar-refractivity contribution in [1.29, 1.82) is 0 Å². The molecule has 11 nitrogen and oxygen atoms in total. The van der Waals surface area contributed by atoms with Gasteiger partial charge in [-0.25, -0.2) is 9.59 Å². The van der Waals surface area contributed by atoms with Crippen LogP contribution >= 0.6 is 0 Å². The highest BCUT2D eigenvalue weighted by Crippen LogP contribution is 2.60. The predicted molar refractivity (Wildman–Crippen MR) is 106 cm³/mol. The highest BCUT2D eigenvalue weighted by atomic mass is 32.2. The molecule has 0 saturated heterocycles. The van der Waals surface area contributed by atoms with Gasteiger partial charge in [-0.3, -0.25) is 14.1 Å².